The Morgan fingerprint density at radius 3 is 2.58 bits per heavy atom. The summed E-state index contributed by atoms with van der Waals surface area (Å²) < 4.78 is 0. The molecule has 3 rings (SSSR count). The van der Waals surface area contributed by atoms with Crippen LogP contribution in [0.4, 0.5) is 5.69 Å². The Balaban J connectivity index is 1.60. The molecule has 24 heavy (non-hydrogen) atoms. The summed E-state index contributed by atoms with van der Waals surface area (Å²) in [6.45, 7) is 4.01. The van der Waals surface area contributed by atoms with E-state index in [-0.39, 0.29) is 5.91 Å². The van der Waals surface area contributed by atoms with Crippen molar-refractivity contribution in [3.8, 4) is 11.4 Å². The van der Waals surface area contributed by atoms with Crippen molar-refractivity contribution in [1.82, 2.24) is 9.97 Å². The first kappa shape index (κ1) is 16.3. The lowest BCUT2D eigenvalue weighted by Crippen LogP contribution is -2.14. The Morgan fingerprint density at radius 1 is 1.08 bits per heavy atom. The van der Waals surface area contributed by atoms with Gasteiger partial charge in [-0.15, -0.1) is 11.3 Å². The Hall–Kier alpha value is -2.53. The molecule has 0 saturated carbocycles. The van der Waals surface area contributed by atoms with Crippen molar-refractivity contribution in [3.05, 3.63) is 64.1 Å². The van der Waals surface area contributed by atoms with Crippen molar-refractivity contribution in [2.24, 2.45) is 0 Å². The number of amides is 1. The summed E-state index contributed by atoms with van der Waals surface area (Å²) in [6, 6.07) is 11.8. The number of carbonyl (C=O) groups is 1. The van der Waals surface area contributed by atoms with Gasteiger partial charge < -0.3 is 5.32 Å². The molecule has 2 aromatic heterocycles. The van der Waals surface area contributed by atoms with E-state index in [1.54, 1.807) is 17.5 Å². The number of benzene rings is 1. The van der Waals surface area contributed by atoms with Gasteiger partial charge in [-0.2, -0.15) is 0 Å². The van der Waals surface area contributed by atoms with E-state index < -0.39 is 0 Å². The van der Waals surface area contributed by atoms with Gasteiger partial charge in [0.2, 0.25) is 5.91 Å². The van der Waals surface area contributed by atoms with E-state index in [9.17, 15) is 4.79 Å². The molecule has 0 unspecified atom stereocenters. The molecule has 1 N–H and O–H groups in total. The van der Waals surface area contributed by atoms with Gasteiger partial charge in [0.25, 0.3) is 0 Å². The number of aryl methyl sites for hydroxylation is 3. The Morgan fingerprint density at radius 2 is 1.88 bits per heavy atom. The van der Waals surface area contributed by atoms with E-state index >= 15 is 0 Å². The van der Waals surface area contributed by atoms with Crippen LogP contribution >= 0.6 is 11.3 Å². The number of para-hydroxylation sites is 1. The SMILES string of the molecule is Cc1cccc(C)c1NC(=O)CCc1nc(-c2ccccn2)cs1. The Bertz CT molecular complexity index is 823. The summed E-state index contributed by atoms with van der Waals surface area (Å²) in [5.74, 6) is 0.0157. The van der Waals surface area contributed by atoms with Crippen LogP contribution in [0, 0.1) is 13.8 Å². The summed E-state index contributed by atoms with van der Waals surface area (Å²) in [4.78, 5) is 21.1. The number of pyridine rings is 1. The maximum absolute atomic E-state index is 12.2. The van der Waals surface area contributed by atoms with Gasteiger partial charge in [0.15, 0.2) is 0 Å². The van der Waals surface area contributed by atoms with Crippen molar-refractivity contribution >= 4 is 22.9 Å². The lowest BCUT2D eigenvalue weighted by Gasteiger charge is -2.10. The second-order valence-electron chi connectivity index (χ2n) is 5.66. The number of anilines is 1. The third kappa shape index (κ3) is 3.86. The lowest BCUT2D eigenvalue weighted by molar-refractivity contribution is -0.116. The average molecular weight is 337 g/mol. The number of hydrogen-bond donors (Lipinski definition) is 1. The molecule has 1 amide bonds. The highest BCUT2D eigenvalue weighted by atomic mass is 32.1. The van der Waals surface area contributed by atoms with Crippen LogP contribution in [0.2, 0.25) is 0 Å². The van der Waals surface area contributed by atoms with Gasteiger partial charge in [-0.25, -0.2) is 4.98 Å². The predicted octanol–water partition coefficient (Wildman–Crippen LogP) is 4.39. The number of carbonyl (C=O) groups excluding carboxylic acids is 1. The molecule has 5 heteroatoms. The van der Waals surface area contributed by atoms with E-state index in [4.69, 9.17) is 0 Å². The van der Waals surface area contributed by atoms with Crippen LogP contribution < -0.4 is 5.32 Å². The van der Waals surface area contributed by atoms with Crippen LogP contribution in [-0.2, 0) is 11.2 Å². The van der Waals surface area contributed by atoms with Gasteiger partial charge in [-0.05, 0) is 37.1 Å². The van der Waals surface area contributed by atoms with Crippen LogP contribution in [0.3, 0.4) is 0 Å². The second kappa shape index (κ2) is 7.36. The second-order valence-corrected chi connectivity index (χ2v) is 6.60. The summed E-state index contributed by atoms with van der Waals surface area (Å²) in [5.41, 5.74) is 4.80. The first-order valence-electron chi connectivity index (χ1n) is 7.85. The minimum Gasteiger partial charge on any atom is -0.326 e. The standard InChI is InChI=1S/C19H19N3OS/c1-13-6-5-7-14(2)19(13)22-17(23)9-10-18-21-16(12-24-18)15-8-3-4-11-20-15/h3-8,11-12H,9-10H2,1-2H3,(H,22,23). The monoisotopic (exact) mass is 337 g/mol. The summed E-state index contributed by atoms with van der Waals surface area (Å²) >= 11 is 1.57. The Labute approximate surface area is 145 Å². The zero-order valence-corrected chi connectivity index (χ0v) is 14.6. The number of rotatable bonds is 5. The quantitative estimate of drug-likeness (QED) is 0.751. The van der Waals surface area contributed by atoms with E-state index in [1.165, 1.54) is 0 Å². The first-order valence-corrected chi connectivity index (χ1v) is 8.73. The molecule has 2 heterocycles. The fourth-order valence-electron chi connectivity index (χ4n) is 2.49. The number of nitrogens with one attached hydrogen (secondary N) is 1. The van der Waals surface area contributed by atoms with Gasteiger partial charge in [0.1, 0.15) is 0 Å². The molecular weight excluding hydrogens is 318 g/mol. The molecule has 0 atom stereocenters. The zero-order valence-electron chi connectivity index (χ0n) is 13.7. The van der Waals surface area contributed by atoms with Crippen LogP contribution in [-0.4, -0.2) is 15.9 Å². The summed E-state index contributed by atoms with van der Waals surface area (Å²) in [7, 11) is 0. The molecular formula is C19H19N3OS. The fourth-order valence-corrected chi connectivity index (χ4v) is 3.28. The first-order chi connectivity index (χ1) is 11.6. The maximum Gasteiger partial charge on any atom is 0.224 e. The molecule has 0 saturated heterocycles. The lowest BCUT2D eigenvalue weighted by atomic mass is 10.1. The van der Waals surface area contributed by atoms with Crippen LogP contribution in [0.25, 0.3) is 11.4 Å². The number of thiazole rings is 1. The topological polar surface area (TPSA) is 54.9 Å². The molecule has 0 aliphatic heterocycles. The number of aromatic nitrogens is 2. The smallest absolute Gasteiger partial charge is 0.224 e. The maximum atomic E-state index is 12.2. The molecule has 0 fully saturated rings. The summed E-state index contributed by atoms with van der Waals surface area (Å²) in [6.07, 6.45) is 2.81. The largest absolute Gasteiger partial charge is 0.326 e. The normalized spacial score (nSPS) is 10.6. The third-order valence-electron chi connectivity index (χ3n) is 3.79. The highest BCUT2D eigenvalue weighted by Gasteiger charge is 2.10. The van der Waals surface area contributed by atoms with E-state index in [0.717, 1.165) is 33.2 Å². The molecule has 0 aliphatic carbocycles. The van der Waals surface area contributed by atoms with E-state index in [0.29, 0.717) is 12.8 Å². The summed E-state index contributed by atoms with van der Waals surface area (Å²) in [5, 5.41) is 5.95. The Kier molecular flexibility index (Phi) is 5.01. The van der Waals surface area contributed by atoms with Crippen molar-refractivity contribution in [2.45, 2.75) is 26.7 Å². The minimum atomic E-state index is 0.0157. The third-order valence-corrected chi connectivity index (χ3v) is 4.70. The van der Waals surface area contributed by atoms with Gasteiger partial charge in [0.05, 0.1) is 16.4 Å². The fraction of sp³-hybridized carbons (Fsp3) is 0.211. The molecule has 0 aliphatic rings. The van der Waals surface area contributed by atoms with Crippen LogP contribution in [0.5, 0.6) is 0 Å². The van der Waals surface area contributed by atoms with Crippen molar-refractivity contribution in [1.29, 1.82) is 0 Å². The van der Waals surface area contributed by atoms with Gasteiger partial charge in [-0.3, -0.25) is 9.78 Å². The molecule has 1 aromatic carbocycles. The average Bonchev–Trinajstić information content (AvgIpc) is 3.06. The molecule has 0 bridgehead atoms. The zero-order chi connectivity index (χ0) is 16.9. The minimum absolute atomic E-state index is 0.0157. The predicted molar refractivity (Wildman–Crippen MR) is 98.2 cm³/mol. The van der Waals surface area contributed by atoms with Gasteiger partial charge in [0, 0.05) is 30.1 Å². The van der Waals surface area contributed by atoms with Crippen LogP contribution in [0.15, 0.2) is 48.0 Å². The van der Waals surface area contributed by atoms with Crippen molar-refractivity contribution < 1.29 is 4.79 Å². The molecule has 3 aromatic rings. The van der Waals surface area contributed by atoms with Crippen molar-refractivity contribution in [3.63, 3.8) is 0 Å². The molecule has 4 nitrogen and oxygen atoms in total. The van der Waals surface area contributed by atoms with Crippen LogP contribution in [0.1, 0.15) is 22.6 Å². The van der Waals surface area contributed by atoms with E-state index in [2.05, 4.69) is 15.3 Å². The van der Waals surface area contributed by atoms with Crippen molar-refractivity contribution in [2.75, 3.05) is 5.32 Å². The van der Waals surface area contributed by atoms with Gasteiger partial charge in [-0.1, -0.05) is 24.3 Å². The number of hydrogen-bond acceptors (Lipinski definition) is 4. The van der Waals surface area contributed by atoms with Gasteiger partial charge >= 0.3 is 0 Å². The molecule has 0 spiro atoms. The molecule has 122 valence electrons. The van der Waals surface area contributed by atoms with E-state index in [1.807, 2.05) is 55.6 Å². The molecule has 0 radical (unpaired) electrons. The highest BCUT2D eigenvalue weighted by Crippen LogP contribution is 2.22. The highest BCUT2D eigenvalue weighted by molar-refractivity contribution is 7.09. The number of nitrogens with zero attached hydrogens (tertiary/aromatic N) is 2.